The Labute approximate surface area is 140 Å². The van der Waals surface area contributed by atoms with Crippen LogP contribution in [0.3, 0.4) is 0 Å². The molecule has 0 saturated heterocycles. The summed E-state index contributed by atoms with van der Waals surface area (Å²) < 4.78 is 5.52. The lowest BCUT2D eigenvalue weighted by Crippen LogP contribution is -2.31. The molecule has 4 rings (SSSR count). The number of nitrogens with zero attached hydrogens (tertiary/aromatic N) is 5. The van der Waals surface area contributed by atoms with Crippen LogP contribution in [-0.2, 0) is 19.5 Å². The van der Waals surface area contributed by atoms with E-state index in [1.807, 2.05) is 32.2 Å². The Kier molecular flexibility index (Phi) is 3.82. The topological polar surface area (TPSA) is 67.9 Å². The van der Waals surface area contributed by atoms with Crippen LogP contribution in [0, 0.1) is 13.8 Å². The number of pyridine rings is 1. The van der Waals surface area contributed by atoms with Crippen molar-refractivity contribution in [2.75, 3.05) is 6.54 Å². The lowest BCUT2D eigenvalue weighted by molar-refractivity contribution is 0.239. The highest BCUT2D eigenvalue weighted by Gasteiger charge is 2.20. The molecule has 0 spiro atoms. The molecular weight excluding hydrogens is 302 g/mol. The maximum absolute atomic E-state index is 5.52. The van der Waals surface area contributed by atoms with Crippen molar-refractivity contribution in [1.82, 2.24) is 24.8 Å². The van der Waals surface area contributed by atoms with E-state index in [4.69, 9.17) is 9.40 Å². The van der Waals surface area contributed by atoms with Crippen molar-refractivity contribution < 1.29 is 4.42 Å². The van der Waals surface area contributed by atoms with Crippen molar-refractivity contribution in [1.29, 1.82) is 0 Å². The highest BCUT2D eigenvalue weighted by Crippen LogP contribution is 2.22. The molecule has 0 aromatic carbocycles. The predicted octanol–water partition coefficient (Wildman–Crippen LogP) is 2.70. The van der Waals surface area contributed by atoms with E-state index in [1.165, 1.54) is 5.56 Å². The number of fused-ring (bicyclic) bond motifs is 1. The van der Waals surface area contributed by atoms with Crippen molar-refractivity contribution >= 4 is 0 Å². The molecule has 3 aromatic rings. The van der Waals surface area contributed by atoms with Crippen LogP contribution in [0.4, 0.5) is 0 Å². The molecule has 0 bridgehead atoms. The summed E-state index contributed by atoms with van der Waals surface area (Å²) in [5, 5.41) is 0. The average molecular weight is 321 g/mol. The van der Waals surface area contributed by atoms with E-state index in [2.05, 4.69) is 19.9 Å². The van der Waals surface area contributed by atoms with E-state index < -0.39 is 0 Å². The van der Waals surface area contributed by atoms with Gasteiger partial charge in [-0.25, -0.2) is 15.0 Å². The fourth-order valence-corrected chi connectivity index (χ4v) is 3.08. The van der Waals surface area contributed by atoms with Crippen molar-refractivity contribution in [3.8, 4) is 11.4 Å². The SMILES string of the molecule is Cc1nc(CN2CCc3nc(-c4ccncc4)ncc3C2)c(C)o1. The van der Waals surface area contributed by atoms with Gasteiger partial charge in [0.2, 0.25) is 0 Å². The molecule has 4 heterocycles. The van der Waals surface area contributed by atoms with Crippen LogP contribution < -0.4 is 0 Å². The van der Waals surface area contributed by atoms with Crippen molar-refractivity contribution in [2.45, 2.75) is 33.4 Å². The fraction of sp³-hybridized carbons (Fsp3) is 0.333. The first kappa shape index (κ1) is 15.0. The van der Waals surface area contributed by atoms with Gasteiger partial charge in [-0.1, -0.05) is 0 Å². The number of aromatic nitrogens is 4. The summed E-state index contributed by atoms with van der Waals surface area (Å²) in [7, 11) is 0. The molecule has 24 heavy (non-hydrogen) atoms. The molecule has 1 aliphatic heterocycles. The third kappa shape index (κ3) is 2.92. The Morgan fingerprint density at radius 3 is 2.75 bits per heavy atom. The zero-order chi connectivity index (χ0) is 16.5. The highest BCUT2D eigenvalue weighted by molar-refractivity contribution is 5.54. The molecule has 122 valence electrons. The number of rotatable bonds is 3. The van der Waals surface area contributed by atoms with Crippen LogP contribution in [0.1, 0.15) is 28.6 Å². The first-order valence-electron chi connectivity index (χ1n) is 8.09. The van der Waals surface area contributed by atoms with Gasteiger partial charge < -0.3 is 4.42 Å². The molecular formula is C18H19N5O. The lowest BCUT2D eigenvalue weighted by atomic mass is 10.1. The molecule has 0 atom stereocenters. The van der Waals surface area contributed by atoms with Gasteiger partial charge in [-0.3, -0.25) is 9.88 Å². The van der Waals surface area contributed by atoms with Crippen LogP contribution in [0.15, 0.2) is 35.1 Å². The Morgan fingerprint density at radius 2 is 2.00 bits per heavy atom. The molecule has 0 aliphatic carbocycles. The number of hydrogen-bond donors (Lipinski definition) is 0. The maximum atomic E-state index is 5.52. The largest absolute Gasteiger partial charge is 0.446 e. The van der Waals surface area contributed by atoms with E-state index in [0.29, 0.717) is 0 Å². The minimum atomic E-state index is 0.727. The van der Waals surface area contributed by atoms with Gasteiger partial charge >= 0.3 is 0 Å². The zero-order valence-electron chi connectivity index (χ0n) is 13.9. The lowest BCUT2D eigenvalue weighted by Gasteiger charge is -2.27. The Morgan fingerprint density at radius 1 is 1.17 bits per heavy atom. The van der Waals surface area contributed by atoms with Gasteiger partial charge in [-0.2, -0.15) is 0 Å². The van der Waals surface area contributed by atoms with Crippen molar-refractivity contribution in [2.24, 2.45) is 0 Å². The summed E-state index contributed by atoms with van der Waals surface area (Å²) in [6.45, 7) is 6.46. The Bertz CT molecular complexity index is 859. The monoisotopic (exact) mass is 321 g/mol. The Balaban J connectivity index is 1.53. The maximum Gasteiger partial charge on any atom is 0.191 e. The highest BCUT2D eigenvalue weighted by atomic mass is 16.4. The van der Waals surface area contributed by atoms with Crippen LogP contribution in [0.2, 0.25) is 0 Å². The molecule has 1 aliphatic rings. The number of hydrogen-bond acceptors (Lipinski definition) is 6. The second kappa shape index (κ2) is 6.13. The molecule has 3 aromatic heterocycles. The first-order chi connectivity index (χ1) is 11.7. The van der Waals surface area contributed by atoms with Gasteiger partial charge in [0.15, 0.2) is 11.7 Å². The van der Waals surface area contributed by atoms with Gasteiger partial charge in [-0.05, 0) is 19.1 Å². The van der Waals surface area contributed by atoms with E-state index >= 15 is 0 Å². The summed E-state index contributed by atoms with van der Waals surface area (Å²) >= 11 is 0. The van der Waals surface area contributed by atoms with Crippen LogP contribution in [-0.4, -0.2) is 31.4 Å². The smallest absolute Gasteiger partial charge is 0.191 e. The predicted molar refractivity (Wildman–Crippen MR) is 89.1 cm³/mol. The molecule has 0 fully saturated rings. The summed E-state index contributed by atoms with van der Waals surface area (Å²) in [6.07, 6.45) is 6.40. The van der Waals surface area contributed by atoms with Gasteiger partial charge in [0, 0.05) is 62.7 Å². The average Bonchev–Trinajstić information content (AvgIpc) is 2.92. The van der Waals surface area contributed by atoms with Crippen LogP contribution in [0.5, 0.6) is 0 Å². The van der Waals surface area contributed by atoms with Gasteiger partial charge in [-0.15, -0.1) is 0 Å². The fourth-order valence-electron chi connectivity index (χ4n) is 3.08. The first-order valence-corrected chi connectivity index (χ1v) is 8.09. The summed E-state index contributed by atoms with van der Waals surface area (Å²) in [4.78, 5) is 20.1. The molecule has 0 amide bonds. The van der Waals surface area contributed by atoms with Gasteiger partial charge in [0.05, 0.1) is 11.4 Å². The normalized spacial score (nSPS) is 14.6. The van der Waals surface area contributed by atoms with Crippen molar-refractivity contribution in [3.63, 3.8) is 0 Å². The van der Waals surface area contributed by atoms with E-state index in [0.717, 1.165) is 60.5 Å². The second-order valence-corrected chi connectivity index (χ2v) is 6.10. The minimum absolute atomic E-state index is 0.727. The number of oxazole rings is 1. The second-order valence-electron chi connectivity index (χ2n) is 6.10. The quantitative estimate of drug-likeness (QED) is 0.739. The molecule has 0 unspecified atom stereocenters. The van der Waals surface area contributed by atoms with Gasteiger partial charge in [0.25, 0.3) is 0 Å². The summed E-state index contributed by atoms with van der Waals surface area (Å²) in [5.41, 5.74) is 4.35. The third-order valence-corrected chi connectivity index (χ3v) is 4.32. The van der Waals surface area contributed by atoms with E-state index in [-0.39, 0.29) is 0 Å². The number of aryl methyl sites for hydroxylation is 2. The van der Waals surface area contributed by atoms with Gasteiger partial charge in [0.1, 0.15) is 5.76 Å². The molecule has 6 nitrogen and oxygen atoms in total. The zero-order valence-corrected chi connectivity index (χ0v) is 13.9. The molecule has 0 N–H and O–H groups in total. The Hall–Kier alpha value is -2.60. The summed E-state index contributed by atoms with van der Waals surface area (Å²) in [6, 6.07) is 3.87. The molecule has 6 heteroatoms. The van der Waals surface area contributed by atoms with E-state index in [9.17, 15) is 0 Å². The third-order valence-electron chi connectivity index (χ3n) is 4.32. The molecule has 0 radical (unpaired) electrons. The van der Waals surface area contributed by atoms with Crippen LogP contribution in [0.25, 0.3) is 11.4 Å². The standard InChI is InChI=1S/C18H19N5O/c1-12-17(21-13(2)24-12)11-23-8-5-16-15(10-23)9-20-18(22-16)14-3-6-19-7-4-14/h3-4,6-7,9H,5,8,10-11H2,1-2H3. The minimum Gasteiger partial charge on any atom is -0.446 e. The van der Waals surface area contributed by atoms with E-state index in [1.54, 1.807) is 12.4 Å². The van der Waals surface area contributed by atoms with Crippen LogP contribution >= 0.6 is 0 Å². The van der Waals surface area contributed by atoms with Crippen molar-refractivity contribution in [3.05, 3.63) is 59.3 Å². The molecule has 0 saturated carbocycles. The summed E-state index contributed by atoms with van der Waals surface area (Å²) in [5.74, 6) is 2.40.